The molecule has 0 saturated carbocycles. The highest BCUT2D eigenvalue weighted by Gasteiger charge is 2.16. The molecule has 1 aromatic carbocycles. The topological polar surface area (TPSA) is 54.7 Å². The fraction of sp³-hybridized carbons (Fsp3) is 0.143. The van der Waals surface area contributed by atoms with Crippen molar-refractivity contribution in [2.45, 2.75) is 0 Å². The molecule has 23 heavy (non-hydrogen) atoms. The van der Waals surface area contributed by atoms with Gasteiger partial charge in [0.2, 0.25) is 0 Å². The van der Waals surface area contributed by atoms with Crippen LogP contribution in [-0.4, -0.2) is 16.4 Å². The lowest BCUT2D eigenvalue weighted by Crippen LogP contribution is -2.44. The molecule has 2 heterocycles. The van der Waals surface area contributed by atoms with Crippen molar-refractivity contribution in [3.8, 4) is 5.75 Å². The number of ether oxygens (including phenoxy) is 1. The van der Waals surface area contributed by atoms with Crippen molar-refractivity contribution in [1.29, 1.82) is 0 Å². The van der Waals surface area contributed by atoms with Gasteiger partial charge in [-0.15, -0.1) is 5.10 Å². The predicted molar refractivity (Wildman–Crippen MR) is 86.0 cm³/mol. The number of halogens is 3. The standard InChI is InChI=1S/C14H12Cl2FN5O/c1-21-14-9(7-18-21)8-22(20-19-14)12-6-13(23-4-2-3-15)10(16)5-11(12)17/h2-3,5-8,20H,4H2,1H3/b3-2+. The Morgan fingerprint density at radius 1 is 1.43 bits per heavy atom. The van der Waals surface area contributed by atoms with Crippen LogP contribution in [0.25, 0.3) is 6.20 Å². The maximum Gasteiger partial charge on any atom is 0.180 e. The van der Waals surface area contributed by atoms with E-state index in [0.717, 1.165) is 5.22 Å². The summed E-state index contributed by atoms with van der Waals surface area (Å²) in [6.45, 7) is 0.225. The Labute approximate surface area is 141 Å². The largest absolute Gasteiger partial charge is 0.488 e. The summed E-state index contributed by atoms with van der Waals surface area (Å²) in [5.41, 5.74) is 4.95. The molecule has 0 unspecified atom stereocenters. The highest BCUT2D eigenvalue weighted by atomic mass is 35.5. The number of hydrogen-bond donors (Lipinski definition) is 1. The number of rotatable bonds is 4. The third kappa shape index (κ3) is 3.11. The normalized spacial score (nSPS) is 13.3. The molecule has 1 aromatic heterocycles. The summed E-state index contributed by atoms with van der Waals surface area (Å²) in [5, 5.41) is 10.6. The molecule has 0 aliphatic carbocycles. The van der Waals surface area contributed by atoms with E-state index in [-0.39, 0.29) is 17.3 Å². The first-order valence-electron chi connectivity index (χ1n) is 6.59. The fourth-order valence-corrected chi connectivity index (χ4v) is 2.33. The van der Waals surface area contributed by atoms with Gasteiger partial charge in [0.05, 0.1) is 16.4 Å². The van der Waals surface area contributed by atoms with Crippen molar-refractivity contribution in [3.05, 3.63) is 51.5 Å². The quantitative estimate of drug-likeness (QED) is 0.905. The van der Waals surface area contributed by atoms with Crippen LogP contribution in [-0.2, 0) is 7.05 Å². The highest BCUT2D eigenvalue weighted by Crippen LogP contribution is 2.32. The Morgan fingerprint density at radius 2 is 2.26 bits per heavy atom. The SMILES string of the molecule is Cn1ncc2c1=NNN(c1cc(OC/C=C/Cl)c(Cl)cc1F)C=2. The summed E-state index contributed by atoms with van der Waals surface area (Å²) in [7, 11) is 1.77. The third-order valence-corrected chi connectivity index (χ3v) is 3.63. The second-order valence-electron chi connectivity index (χ2n) is 4.66. The van der Waals surface area contributed by atoms with E-state index in [9.17, 15) is 4.39 Å². The van der Waals surface area contributed by atoms with Crippen LogP contribution in [0.3, 0.4) is 0 Å². The van der Waals surface area contributed by atoms with Gasteiger partial charge in [-0.2, -0.15) is 5.10 Å². The zero-order chi connectivity index (χ0) is 16.4. The molecule has 0 spiro atoms. The van der Waals surface area contributed by atoms with Crippen LogP contribution in [0.5, 0.6) is 5.75 Å². The van der Waals surface area contributed by atoms with Gasteiger partial charge in [-0.1, -0.05) is 23.2 Å². The van der Waals surface area contributed by atoms with E-state index in [1.54, 1.807) is 30.2 Å². The van der Waals surface area contributed by atoms with E-state index in [1.807, 2.05) is 0 Å². The molecular formula is C14H12Cl2FN5O. The number of benzene rings is 1. The molecular weight excluding hydrogens is 344 g/mol. The number of aromatic nitrogens is 2. The molecule has 6 nitrogen and oxygen atoms in total. The number of nitrogens with one attached hydrogen (secondary N) is 1. The van der Waals surface area contributed by atoms with Crippen LogP contribution in [0.4, 0.5) is 10.1 Å². The first-order valence-corrected chi connectivity index (χ1v) is 7.41. The lowest BCUT2D eigenvalue weighted by molar-refractivity contribution is 0.362. The Balaban J connectivity index is 1.96. The number of hydrazine groups is 1. The highest BCUT2D eigenvalue weighted by molar-refractivity contribution is 6.32. The second-order valence-corrected chi connectivity index (χ2v) is 5.32. The predicted octanol–water partition coefficient (Wildman–Crippen LogP) is 1.64. The van der Waals surface area contributed by atoms with Crippen molar-refractivity contribution >= 4 is 35.1 Å². The minimum Gasteiger partial charge on any atom is -0.488 e. The minimum atomic E-state index is -0.512. The Bertz CT molecular complexity index is 880. The molecule has 2 aromatic rings. The van der Waals surface area contributed by atoms with Gasteiger partial charge in [-0.3, -0.25) is 0 Å². The van der Waals surface area contributed by atoms with Crippen LogP contribution < -0.4 is 26.0 Å². The second kappa shape index (κ2) is 6.47. The number of aryl methyl sites for hydroxylation is 1. The maximum absolute atomic E-state index is 14.2. The number of fused-ring (bicyclic) bond motifs is 1. The van der Waals surface area contributed by atoms with Crippen LogP contribution in [0, 0.1) is 5.82 Å². The van der Waals surface area contributed by atoms with Crippen molar-refractivity contribution in [1.82, 2.24) is 15.3 Å². The van der Waals surface area contributed by atoms with E-state index < -0.39 is 5.82 Å². The Morgan fingerprint density at radius 3 is 3.04 bits per heavy atom. The zero-order valence-electron chi connectivity index (χ0n) is 12.0. The summed E-state index contributed by atoms with van der Waals surface area (Å²) in [4.78, 5) is 0. The Kier molecular flexibility index (Phi) is 4.40. The van der Waals surface area contributed by atoms with Gasteiger partial charge in [0, 0.05) is 24.8 Å². The molecule has 1 N–H and O–H groups in total. The molecule has 0 fully saturated rings. The monoisotopic (exact) mass is 355 g/mol. The minimum absolute atomic E-state index is 0.172. The van der Waals surface area contributed by atoms with Gasteiger partial charge < -0.3 is 4.74 Å². The number of anilines is 1. The zero-order valence-corrected chi connectivity index (χ0v) is 13.5. The number of hydrogen-bond acceptors (Lipinski definition) is 5. The molecule has 0 bridgehead atoms. The van der Waals surface area contributed by atoms with Crippen LogP contribution in [0.15, 0.2) is 35.0 Å². The van der Waals surface area contributed by atoms with Gasteiger partial charge in [-0.25, -0.2) is 19.6 Å². The average molecular weight is 356 g/mol. The summed E-state index contributed by atoms with van der Waals surface area (Å²) >= 11 is 11.4. The van der Waals surface area contributed by atoms with Gasteiger partial charge in [-0.05, 0) is 12.1 Å². The van der Waals surface area contributed by atoms with E-state index in [0.29, 0.717) is 11.2 Å². The van der Waals surface area contributed by atoms with Crippen molar-refractivity contribution in [3.63, 3.8) is 0 Å². The molecule has 120 valence electrons. The van der Waals surface area contributed by atoms with Crippen molar-refractivity contribution in [2.24, 2.45) is 12.1 Å². The summed E-state index contributed by atoms with van der Waals surface area (Å²) in [5.74, 6) is -0.174. The van der Waals surface area contributed by atoms with Crippen LogP contribution in [0.1, 0.15) is 0 Å². The first kappa shape index (κ1) is 15.6. The summed E-state index contributed by atoms with van der Waals surface area (Å²) in [6.07, 6.45) is 4.93. The van der Waals surface area contributed by atoms with Crippen LogP contribution in [0.2, 0.25) is 5.02 Å². The summed E-state index contributed by atoms with van der Waals surface area (Å²) < 4.78 is 21.3. The van der Waals surface area contributed by atoms with Gasteiger partial charge in [0.25, 0.3) is 0 Å². The lowest BCUT2D eigenvalue weighted by atomic mass is 10.2. The molecule has 1 aliphatic heterocycles. The molecule has 0 radical (unpaired) electrons. The molecule has 1 aliphatic rings. The first-order chi connectivity index (χ1) is 11.1. The average Bonchev–Trinajstić information content (AvgIpc) is 2.90. The Hall–Kier alpha value is -2.25. The van der Waals surface area contributed by atoms with Gasteiger partial charge in [0.15, 0.2) is 11.3 Å². The van der Waals surface area contributed by atoms with Crippen LogP contribution >= 0.6 is 23.2 Å². The van der Waals surface area contributed by atoms with E-state index in [4.69, 9.17) is 27.9 Å². The smallest absolute Gasteiger partial charge is 0.180 e. The molecule has 3 rings (SSSR count). The molecule has 0 saturated heterocycles. The lowest BCUT2D eigenvalue weighted by Gasteiger charge is -2.22. The van der Waals surface area contributed by atoms with E-state index in [1.165, 1.54) is 22.7 Å². The molecule has 0 amide bonds. The number of nitrogens with zero attached hydrogens (tertiary/aromatic N) is 4. The van der Waals surface area contributed by atoms with Gasteiger partial charge >= 0.3 is 0 Å². The third-order valence-electron chi connectivity index (χ3n) is 3.15. The molecule has 0 atom stereocenters. The van der Waals surface area contributed by atoms with Crippen molar-refractivity contribution < 1.29 is 9.13 Å². The fourth-order valence-electron chi connectivity index (χ4n) is 2.06. The maximum atomic E-state index is 14.2. The molecule has 9 heteroatoms. The van der Waals surface area contributed by atoms with Crippen molar-refractivity contribution in [2.75, 3.05) is 11.6 Å². The summed E-state index contributed by atoms with van der Waals surface area (Å²) in [6, 6.07) is 2.67. The van der Waals surface area contributed by atoms with Gasteiger partial charge in [0.1, 0.15) is 18.0 Å². The van der Waals surface area contributed by atoms with E-state index >= 15 is 0 Å². The van der Waals surface area contributed by atoms with E-state index in [2.05, 4.69) is 15.7 Å².